The van der Waals surface area contributed by atoms with Crippen LogP contribution < -0.4 is 22.5 Å². The highest BCUT2D eigenvalue weighted by Crippen LogP contribution is 2.01. The van der Waals surface area contributed by atoms with Crippen LogP contribution in [0.3, 0.4) is 0 Å². The molecule has 0 rings (SSSR count). The van der Waals surface area contributed by atoms with Crippen molar-refractivity contribution in [3.05, 3.63) is 0 Å². The van der Waals surface area contributed by atoms with Crippen LogP contribution >= 0.6 is 0 Å². The Labute approximate surface area is 74.8 Å². The second-order valence-electron chi connectivity index (χ2n) is 2.27. The van der Waals surface area contributed by atoms with Gasteiger partial charge in [-0.05, 0) is 0 Å². The van der Waals surface area contributed by atoms with E-state index in [1.54, 1.807) is 10.9 Å². The van der Waals surface area contributed by atoms with Gasteiger partial charge in [0.25, 0.3) is 11.8 Å². The van der Waals surface area contributed by atoms with E-state index in [1.165, 1.54) is 6.92 Å². The van der Waals surface area contributed by atoms with Gasteiger partial charge >= 0.3 is 0 Å². The number of rotatable bonds is 4. The Morgan fingerprint density at radius 3 is 1.77 bits per heavy atom. The number of nitrogens with one attached hydrogen (secondary N) is 2. The van der Waals surface area contributed by atoms with E-state index in [2.05, 4.69) is 0 Å². The number of Topliss-reactive ketones (excluding diaryl/α,β-unsaturated/α-hetero) is 1. The number of carbonyl (C=O) groups is 3. The first-order chi connectivity index (χ1) is 6.08. The molecule has 0 aromatic rings. The average molecular weight is 188 g/mol. The molecule has 0 fully saturated rings. The van der Waals surface area contributed by atoms with Crippen LogP contribution in [-0.2, 0) is 14.4 Å². The summed E-state index contributed by atoms with van der Waals surface area (Å²) in [5, 5.41) is 0. The third kappa shape index (κ3) is 2.80. The SMILES string of the molecule is CCC(=O)C(C(=O)NN)C(=O)NN. The lowest BCUT2D eigenvalue weighted by Gasteiger charge is -2.10. The van der Waals surface area contributed by atoms with E-state index in [0.717, 1.165) is 0 Å². The van der Waals surface area contributed by atoms with E-state index in [4.69, 9.17) is 11.7 Å². The number of amides is 2. The molecule has 0 aromatic heterocycles. The highest BCUT2D eigenvalue weighted by atomic mass is 16.2. The van der Waals surface area contributed by atoms with Crippen molar-refractivity contribution in [2.45, 2.75) is 13.3 Å². The molecule has 0 heterocycles. The number of ketones is 1. The molecule has 6 N–H and O–H groups in total. The monoisotopic (exact) mass is 188 g/mol. The summed E-state index contributed by atoms with van der Waals surface area (Å²) in [6.07, 6.45) is 0.0610. The van der Waals surface area contributed by atoms with Crippen LogP contribution in [0.25, 0.3) is 0 Å². The lowest BCUT2D eigenvalue weighted by molar-refractivity contribution is -0.141. The summed E-state index contributed by atoms with van der Waals surface area (Å²) in [6.45, 7) is 1.53. The van der Waals surface area contributed by atoms with Crippen molar-refractivity contribution in [3.63, 3.8) is 0 Å². The van der Waals surface area contributed by atoms with Crippen molar-refractivity contribution in [2.75, 3.05) is 0 Å². The molecule has 7 heteroatoms. The Kier molecular flexibility index (Phi) is 4.63. The molecule has 2 amide bonds. The van der Waals surface area contributed by atoms with Gasteiger partial charge in [0.05, 0.1) is 0 Å². The van der Waals surface area contributed by atoms with Crippen LogP contribution in [0.2, 0.25) is 0 Å². The number of hydrogen-bond donors (Lipinski definition) is 4. The molecule has 7 nitrogen and oxygen atoms in total. The van der Waals surface area contributed by atoms with Crippen LogP contribution in [0.5, 0.6) is 0 Å². The van der Waals surface area contributed by atoms with Crippen LogP contribution in [-0.4, -0.2) is 17.6 Å². The first kappa shape index (κ1) is 11.5. The molecule has 0 unspecified atom stereocenters. The van der Waals surface area contributed by atoms with Gasteiger partial charge in [0, 0.05) is 6.42 Å². The lowest BCUT2D eigenvalue weighted by Crippen LogP contribution is -2.49. The zero-order valence-electron chi connectivity index (χ0n) is 7.16. The molecule has 0 saturated heterocycles. The zero-order valence-corrected chi connectivity index (χ0v) is 7.16. The molecular weight excluding hydrogens is 176 g/mol. The summed E-state index contributed by atoms with van der Waals surface area (Å²) >= 11 is 0. The molecule has 0 saturated carbocycles. The van der Waals surface area contributed by atoms with Gasteiger partial charge < -0.3 is 0 Å². The minimum Gasteiger partial charge on any atom is -0.298 e. The van der Waals surface area contributed by atoms with Crippen molar-refractivity contribution in [3.8, 4) is 0 Å². The standard InChI is InChI=1S/C6H12N4O3/c1-2-3(11)4(5(12)9-7)6(13)10-8/h4H,2,7-8H2,1H3,(H,9,12)(H,10,13). The molecule has 0 aliphatic carbocycles. The number of carbonyl (C=O) groups excluding carboxylic acids is 3. The summed E-state index contributed by atoms with van der Waals surface area (Å²) in [4.78, 5) is 33.0. The predicted octanol–water partition coefficient (Wildman–Crippen LogP) is -2.44. The van der Waals surface area contributed by atoms with Crippen LogP contribution in [0.4, 0.5) is 0 Å². The summed E-state index contributed by atoms with van der Waals surface area (Å²) in [5.74, 6) is 5.84. The minimum atomic E-state index is -1.46. The van der Waals surface area contributed by atoms with Gasteiger partial charge in [-0.1, -0.05) is 6.92 Å². The van der Waals surface area contributed by atoms with Gasteiger partial charge in [0.15, 0.2) is 11.7 Å². The maximum absolute atomic E-state index is 11.1. The normalized spacial score (nSPS) is 9.54. The van der Waals surface area contributed by atoms with Crippen LogP contribution in [0.15, 0.2) is 0 Å². The lowest BCUT2D eigenvalue weighted by atomic mass is 10.0. The molecule has 0 radical (unpaired) electrons. The molecule has 0 aromatic carbocycles. The summed E-state index contributed by atoms with van der Waals surface area (Å²) < 4.78 is 0. The Bertz CT molecular complexity index is 190. The average Bonchev–Trinajstić information content (AvgIpc) is 2.16. The van der Waals surface area contributed by atoms with Gasteiger partial charge in [0.1, 0.15) is 0 Å². The summed E-state index contributed by atoms with van der Waals surface area (Å²) in [5.41, 5.74) is 3.44. The van der Waals surface area contributed by atoms with Gasteiger partial charge in [-0.3, -0.25) is 25.2 Å². The fourth-order valence-electron chi connectivity index (χ4n) is 0.782. The van der Waals surface area contributed by atoms with Crippen molar-refractivity contribution < 1.29 is 14.4 Å². The van der Waals surface area contributed by atoms with Gasteiger partial charge in [-0.15, -0.1) is 0 Å². The molecule has 0 bridgehead atoms. The topological polar surface area (TPSA) is 127 Å². The molecule has 0 spiro atoms. The van der Waals surface area contributed by atoms with E-state index in [-0.39, 0.29) is 6.42 Å². The molecule has 74 valence electrons. The molecule has 0 atom stereocenters. The second kappa shape index (κ2) is 5.22. The molecule has 13 heavy (non-hydrogen) atoms. The van der Waals surface area contributed by atoms with Gasteiger partial charge in [0.2, 0.25) is 0 Å². The fourth-order valence-corrected chi connectivity index (χ4v) is 0.782. The third-order valence-electron chi connectivity index (χ3n) is 1.48. The van der Waals surface area contributed by atoms with Crippen molar-refractivity contribution in [2.24, 2.45) is 17.6 Å². The van der Waals surface area contributed by atoms with E-state index < -0.39 is 23.5 Å². The fraction of sp³-hybridized carbons (Fsp3) is 0.500. The van der Waals surface area contributed by atoms with Gasteiger partial charge in [-0.25, -0.2) is 11.7 Å². The number of hydrazine groups is 2. The van der Waals surface area contributed by atoms with Crippen LogP contribution in [0.1, 0.15) is 13.3 Å². The highest BCUT2D eigenvalue weighted by molar-refractivity contribution is 6.17. The summed E-state index contributed by atoms with van der Waals surface area (Å²) in [7, 11) is 0. The van der Waals surface area contributed by atoms with E-state index >= 15 is 0 Å². The Morgan fingerprint density at radius 1 is 1.15 bits per heavy atom. The summed E-state index contributed by atoms with van der Waals surface area (Å²) in [6, 6.07) is 0. The Balaban J connectivity index is 4.64. The van der Waals surface area contributed by atoms with Crippen molar-refractivity contribution in [1.29, 1.82) is 0 Å². The van der Waals surface area contributed by atoms with E-state index in [0.29, 0.717) is 0 Å². The van der Waals surface area contributed by atoms with Crippen LogP contribution in [0, 0.1) is 5.92 Å². The van der Waals surface area contributed by atoms with Gasteiger partial charge in [-0.2, -0.15) is 0 Å². The smallest absolute Gasteiger partial charge is 0.254 e. The third-order valence-corrected chi connectivity index (χ3v) is 1.48. The predicted molar refractivity (Wildman–Crippen MR) is 43.4 cm³/mol. The highest BCUT2D eigenvalue weighted by Gasteiger charge is 2.31. The quantitative estimate of drug-likeness (QED) is 0.169. The maximum Gasteiger partial charge on any atom is 0.254 e. The Hall–Kier alpha value is -1.47. The minimum absolute atomic E-state index is 0.0610. The number of hydrogen-bond acceptors (Lipinski definition) is 5. The zero-order chi connectivity index (χ0) is 10.4. The molecule has 0 aliphatic rings. The largest absolute Gasteiger partial charge is 0.298 e. The van der Waals surface area contributed by atoms with Crippen molar-refractivity contribution in [1.82, 2.24) is 10.9 Å². The first-order valence-electron chi connectivity index (χ1n) is 3.62. The second-order valence-corrected chi connectivity index (χ2v) is 2.27. The first-order valence-corrected chi connectivity index (χ1v) is 3.62. The molecule has 0 aliphatic heterocycles. The van der Waals surface area contributed by atoms with E-state index in [9.17, 15) is 14.4 Å². The Morgan fingerprint density at radius 2 is 1.54 bits per heavy atom. The van der Waals surface area contributed by atoms with Crippen molar-refractivity contribution >= 4 is 17.6 Å². The molecular formula is C6H12N4O3. The maximum atomic E-state index is 11.1. The van der Waals surface area contributed by atoms with E-state index in [1.807, 2.05) is 0 Å². The number of nitrogens with two attached hydrogens (primary N) is 2.